The molecule has 7 nitrogen and oxygen atoms in total. The second kappa shape index (κ2) is 11.9. The quantitative estimate of drug-likeness (QED) is 0.457. The van der Waals surface area contributed by atoms with E-state index in [4.69, 9.17) is 10.7 Å². The number of hydrogen-bond donors (Lipinski definition) is 2. The van der Waals surface area contributed by atoms with Gasteiger partial charge < -0.3 is 25.2 Å². The highest BCUT2D eigenvalue weighted by Crippen LogP contribution is 2.40. The predicted molar refractivity (Wildman–Crippen MR) is 148 cm³/mol. The van der Waals surface area contributed by atoms with E-state index in [0.29, 0.717) is 39.1 Å². The highest BCUT2D eigenvalue weighted by molar-refractivity contribution is 5.75. The van der Waals surface area contributed by atoms with E-state index in [1.165, 1.54) is 5.56 Å². The van der Waals surface area contributed by atoms with Crippen LogP contribution in [0.15, 0.2) is 66.9 Å². The number of carbonyl (C=O) groups excluding carboxylic acids is 1. The number of imidazole rings is 1. The molecule has 0 bridgehead atoms. The summed E-state index contributed by atoms with van der Waals surface area (Å²) in [5, 5.41) is 10.3. The van der Waals surface area contributed by atoms with E-state index in [1.807, 2.05) is 41.3 Å². The van der Waals surface area contributed by atoms with Crippen molar-refractivity contribution >= 4 is 6.03 Å². The van der Waals surface area contributed by atoms with E-state index in [9.17, 15) is 9.90 Å². The maximum Gasteiger partial charge on any atom is 0.320 e. The highest BCUT2D eigenvalue weighted by Gasteiger charge is 2.40. The molecule has 2 atom stereocenters. The summed E-state index contributed by atoms with van der Waals surface area (Å²) in [5.74, 6) is 0.859. The molecule has 2 aromatic carbocycles. The summed E-state index contributed by atoms with van der Waals surface area (Å²) in [4.78, 5) is 23.0. The summed E-state index contributed by atoms with van der Waals surface area (Å²) in [6.07, 6.45) is 3.86. The summed E-state index contributed by atoms with van der Waals surface area (Å²) in [6, 6.07) is 20.2. The maximum atomic E-state index is 14.0. The fraction of sp³-hybridized carbons (Fsp3) is 0.467. The summed E-state index contributed by atoms with van der Waals surface area (Å²) < 4.78 is 2.20. The van der Waals surface area contributed by atoms with E-state index in [-0.39, 0.29) is 17.5 Å². The Labute approximate surface area is 220 Å². The van der Waals surface area contributed by atoms with Crippen molar-refractivity contribution in [1.29, 1.82) is 0 Å². The number of nitrogens with zero attached hydrogens (tertiary/aromatic N) is 4. The first kappa shape index (κ1) is 26.9. The van der Waals surface area contributed by atoms with Crippen LogP contribution in [0, 0.1) is 5.41 Å². The van der Waals surface area contributed by atoms with E-state index in [2.05, 4.69) is 55.8 Å². The Bertz CT molecular complexity index is 1140. The van der Waals surface area contributed by atoms with Crippen LogP contribution in [0.2, 0.25) is 0 Å². The van der Waals surface area contributed by atoms with E-state index < -0.39 is 6.10 Å². The zero-order valence-electron chi connectivity index (χ0n) is 22.4. The molecule has 0 unspecified atom stereocenters. The lowest BCUT2D eigenvalue weighted by Crippen LogP contribution is -2.52. The Morgan fingerprint density at radius 2 is 1.81 bits per heavy atom. The fourth-order valence-corrected chi connectivity index (χ4v) is 5.20. The SMILES string of the molecule is CC(C)(C)[C@H](c1nc(-c2ccccc2)cn1Cc1ccccc1)N(CCCN)C(=O)N1CCC[C@H](O)C1. The van der Waals surface area contributed by atoms with Crippen molar-refractivity contribution in [1.82, 2.24) is 19.4 Å². The molecule has 37 heavy (non-hydrogen) atoms. The van der Waals surface area contributed by atoms with Crippen LogP contribution >= 0.6 is 0 Å². The largest absolute Gasteiger partial charge is 0.391 e. The number of aliphatic hydroxyl groups is 1. The van der Waals surface area contributed by atoms with Crippen LogP contribution in [0.3, 0.4) is 0 Å². The normalized spacial score (nSPS) is 17.0. The van der Waals surface area contributed by atoms with Gasteiger partial charge in [0.1, 0.15) is 5.82 Å². The number of likely N-dealkylation sites (tertiary alicyclic amines) is 1. The molecule has 1 saturated heterocycles. The lowest BCUT2D eigenvalue weighted by atomic mass is 9.84. The first-order valence-electron chi connectivity index (χ1n) is 13.4. The summed E-state index contributed by atoms with van der Waals surface area (Å²) in [7, 11) is 0. The molecular weight excluding hydrogens is 462 g/mol. The van der Waals surface area contributed by atoms with Gasteiger partial charge in [0.2, 0.25) is 0 Å². The minimum Gasteiger partial charge on any atom is -0.391 e. The molecule has 7 heteroatoms. The third-order valence-electron chi connectivity index (χ3n) is 6.97. The Kier molecular flexibility index (Phi) is 8.67. The van der Waals surface area contributed by atoms with Crippen LogP contribution in [-0.4, -0.2) is 62.8 Å². The third kappa shape index (κ3) is 6.59. The molecule has 3 N–H and O–H groups in total. The zero-order chi connectivity index (χ0) is 26.4. The number of β-amino-alcohol motifs (C(OH)–C–C–N with tert-alkyl or cyclic N) is 1. The number of carbonyl (C=O) groups is 1. The second-order valence-corrected chi connectivity index (χ2v) is 11.1. The van der Waals surface area contributed by atoms with Crippen molar-refractivity contribution in [2.45, 2.75) is 58.7 Å². The van der Waals surface area contributed by atoms with E-state index in [1.54, 1.807) is 4.90 Å². The minimum atomic E-state index is -0.480. The summed E-state index contributed by atoms with van der Waals surface area (Å²) >= 11 is 0. The van der Waals surface area contributed by atoms with Gasteiger partial charge in [0.25, 0.3) is 0 Å². The molecular formula is C30H41N5O2. The number of piperidine rings is 1. The molecule has 1 aliphatic heterocycles. The van der Waals surface area contributed by atoms with Gasteiger partial charge >= 0.3 is 6.03 Å². The molecule has 0 saturated carbocycles. The van der Waals surface area contributed by atoms with Gasteiger partial charge in [0, 0.05) is 37.9 Å². The molecule has 1 aromatic heterocycles. The number of rotatable bonds is 8. The zero-order valence-corrected chi connectivity index (χ0v) is 22.4. The number of amides is 2. The Morgan fingerprint density at radius 3 is 2.43 bits per heavy atom. The Morgan fingerprint density at radius 1 is 1.14 bits per heavy atom. The molecule has 0 radical (unpaired) electrons. The van der Waals surface area contributed by atoms with Crippen molar-refractivity contribution in [3.05, 3.63) is 78.2 Å². The number of benzene rings is 2. The summed E-state index contributed by atoms with van der Waals surface area (Å²) in [5.41, 5.74) is 8.73. The van der Waals surface area contributed by atoms with Gasteiger partial charge in [-0.3, -0.25) is 0 Å². The standard InChI is InChI=1S/C30H41N5O2/c1-30(2,3)27(35(19-11-17-31)29(37)33-18-10-16-25(36)21-33)28-32-26(24-14-8-5-9-15-24)22-34(28)20-23-12-6-4-7-13-23/h4-9,12-15,22,25,27,36H,10-11,16-21,31H2,1-3H3/t25-,27-/m0/s1. The average molecular weight is 504 g/mol. The lowest BCUT2D eigenvalue weighted by molar-refractivity contribution is 0.0475. The van der Waals surface area contributed by atoms with Crippen molar-refractivity contribution in [2.75, 3.05) is 26.2 Å². The molecule has 0 spiro atoms. The average Bonchev–Trinajstić information content (AvgIpc) is 3.29. The molecule has 2 amide bonds. The fourth-order valence-electron chi connectivity index (χ4n) is 5.20. The lowest BCUT2D eigenvalue weighted by Gasteiger charge is -2.43. The van der Waals surface area contributed by atoms with E-state index >= 15 is 0 Å². The third-order valence-corrected chi connectivity index (χ3v) is 6.97. The molecule has 1 aliphatic rings. The number of urea groups is 1. The van der Waals surface area contributed by atoms with Crippen LogP contribution in [0.25, 0.3) is 11.3 Å². The van der Waals surface area contributed by atoms with Crippen molar-refractivity contribution in [2.24, 2.45) is 11.1 Å². The first-order chi connectivity index (χ1) is 17.8. The van der Waals surface area contributed by atoms with Gasteiger partial charge in [-0.25, -0.2) is 9.78 Å². The maximum absolute atomic E-state index is 14.0. The van der Waals surface area contributed by atoms with Gasteiger partial charge in [-0.15, -0.1) is 0 Å². The van der Waals surface area contributed by atoms with Gasteiger partial charge in [-0.2, -0.15) is 0 Å². The van der Waals surface area contributed by atoms with Crippen LogP contribution < -0.4 is 5.73 Å². The van der Waals surface area contributed by atoms with Crippen LogP contribution in [0.4, 0.5) is 4.79 Å². The first-order valence-corrected chi connectivity index (χ1v) is 13.4. The van der Waals surface area contributed by atoms with Crippen molar-refractivity contribution < 1.29 is 9.90 Å². The van der Waals surface area contributed by atoms with Gasteiger partial charge in [0.15, 0.2) is 0 Å². The van der Waals surface area contributed by atoms with Crippen LogP contribution in [-0.2, 0) is 6.54 Å². The number of aliphatic hydroxyl groups excluding tert-OH is 1. The predicted octanol–water partition coefficient (Wildman–Crippen LogP) is 4.91. The monoisotopic (exact) mass is 503 g/mol. The minimum absolute atomic E-state index is 0.0531. The Balaban J connectivity index is 1.80. The molecule has 3 aromatic rings. The molecule has 198 valence electrons. The van der Waals surface area contributed by atoms with Crippen molar-refractivity contribution in [3.8, 4) is 11.3 Å². The van der Waals surface area contributed by atoms with Gasteiger partial charge in [-0.1, -0.05) is 81.4 Å². The second-order valence-electron chi connectivity index (χ2n) is 11.1. The molecule has 2 heterocycles. The number of nitrogens with two attached hydrogens (primary N) is 1. The molecule has 1 fully saturated rings. The molecule has 0 aliphatic carbocycles. The molecule has 4 rings (SSSR count). The highest BCUT2D eigenvalue weighted by atomic mass is 16.3. The number of aromatic nitrogens is 2. The van der Waals surface area contributed by atoms with Crippen molar-refractivity contribution in [3.63, 3.8) is 0 Å². The van der Waals surface area contributed by atoms with Crippen LogP contribution in [0.5, 0.6) is 0 Å². The van der Waals surface area contributed by atoms with Crippen LogP contribution in [0.1, 0.15) is 57.5 Å². The number of hydrogen-bond acceptors (Lipinski definition) is 4. The Hall–Kier alpha value is -3.16. The van der Waals surface area contributed by atoms with Gasteiger partial charge in [0.05, 0.1) is 17.8 Å². The summed E-state index contributed by atoms with van der Waals surface area (Å²) in [6.45, 7) is 9.19. The van der Waals surface area contributed by atoms with Gasteiger partial charge in [-0.05, 0) is 36.8 Å². The smallest absolute Gasteiger partial charge is 0.320 e. The van der Waals surface area contributed by atoms with E-state index in [0.717, 1.165) is 29.9 Å². The topological polar surface area (TPSA) is 87.6 Å².